The molecule has 5 nitrogen and oxygen atoms in total. The molecule has 0 aliphatic rings. The molecule has 0 aliphatic heterocycles. The number of rotatable bonds is 4. The van der Waals surface area contributed by atoms with E-state index in [-0.39, 0.29) is 6.04 Å². The van der Waals surface area contributed by atoms with Gasteiger partial charge in [-0.05, 0) is 44.9 Å². The van der Waals surface area contributed by atoms with Crippen molar-refractivity contribution in [1.29, 1.82) is 0 Å². The highest BCUT2D eigenvalue weighted by molar-refractivity contribution is 7.90. The Balaban J connectivity index is 3.08. The van der Waals surface area contributed by atoms with Gasteiger partial charge in [0.15, 0.2) is 0 Å². The van der Waals surface area contributed by atoms with Gasteiger partial charge in [-0.1, -0.05) is 6.07 Å². The van der Waals surface area contributed by atoms with Crippen LogP contribution in [0.4, 0.5) is 11.4 Å². The summed E-state index contributed by atoms with van der Waals surface area (Å²) in [5, 5.41) is 0. The van der Waals surface area contributed by atoms with E-state index in [1.807, 2.05) is 6.92 Å². The van der Waals surface area contributed by atoms with E-state index in [1.165, 1.54) is 0 Å². The van der Waals surface area contributed by atoms with Crippen LogP contribution in [-0.2, 0) is 10.2 Å². The predicted molar refractivity (Wildman–Crippen MR) is 71.1 cm³/mol. The van der Waals surface area contributed by atoms with Crippen LogP contribution in [-0.4, -0.2) is 14.5 Å². The quantitative estimate of drug-likeness (QED) is 0.715. The fraction of sp³-hybridized carbons (Fsp3) is 0.455. The molecule has 0 saturated heterocycles. The first kappa shape index (κ1) is 13.8. The third kappa shape index (κ3) is 3.61. The molecule has 4 N–H and O–H groups in total. The molecule has 0 saturated carbocycles. The van der Waals surface area contributed by atoms with Crippen molar-refractivity contribution in [3.05, 3.63) is 23.3 Å². The Kier molecular flexibility index (Phi) is 4.00. The van der Waals surface area contributed by atoms with Crippen LogP contribution in [0, 0.1) is 13.8 Å². The van der Waals surface area contributed by atoms with Crippen molar-refractivity contribution in [3.63, 3.8) is 0 Å². The van der Waals surface area contributed by atoms with Crippen molar-refractivity contribution < 1.29 is 8.42 Å². The van der Waals surface area contributed by atoms with Gasteiger partial charge in [0.1, 0.15) is 0 Å². The zero-order valence-electron chi connectivity index (χ0n) is 10.5. The van der Waals surface area contributed by atoms with Crippen LogP contribution in [0.5, 0.6) is 0 Å². The van der Waals surface area contributed by atoms with Gasteiger partial charge in [-0.3, -0.25) is 4.72 Å². The summed E-state index contributed by atoms with van der Waals surface area (Å²) in [6.07, 6.45) is 0. The maximum absolute atomic E-state index is 11.8. The molecule has 0 bridgehead atoms. The minimum Gasteiger partial charge on any atom is -0.398 e. The van der Waals surface area contributed by atoms with Crippen molar-refractivity contribution in [3.8, 4) is 0 Å². The van der Waals surface area contributed by atoms with E-state index in [4.69, 9.17) is 5.73 Å². The summed E-state index contributed by atoms with van der Waals surface area (Å²) in [4.78, 5) is 0. The lowest BCUT2D eigenvalue weighted by Crippen LogP contribution is -2.35. The molecule has 0 spiro atoms. The average molecular weight is 257 g/mol. The molecule has 0 radical (unpaired) electrons. The standard InChI is InChI=1S/C11H19N3O2S/c1-7(2)13-17(15,16)14-11-8(3)5-6-10(12)9(11)4/h5-7,13-14H,12H2,1-4H3. The molecule has 0 aromatic heterocycles. The average Bonchev–Trinajstić information content (AvgIpc) is 2.17. The smallest absolute Gasteiger partial charge is 0.299 e. The Hall–Kier alpha value is -1.27. The molecule has 1 aromatic rings. The van der Waals surface area contributed by atoms with Crippen molar-refractivity contribution in [1.82, 2.24) is 4.72 Å². The SMILES string of the molecule is Cc1ccc(N)c(C)c1NS(=O)(=O)NC(C)C. The molecule has 0 amide bonds. The molecule has 0 atom stereocenters. The monoisotopic (exact) mass is 257 g/mol. The number of hydrogen-bond acceptors (Lipinski definition) is 3. The first-order chi connectivity index (χ1) is 7.73. The fourth-order valence-corrected chi connectivity index (χ4v) is 2.76. The minimum absolute atomic E-state index is 0.158. The van der Waals surface area contributed by atoms with Crippen LogP contribution in [0.1, 0.15) is 25.0 Å². The largest absolute Gasteiger partial charge is 0.398 e. The van der Waals surface area contributed by atoms with Crippen molar-refractivity contribution in [2.24, 2.45) is 0 Å². The number of nitrogens with one attached hydrogen (secondary N) is 2. The topological polar surface area (TPSA) is 84.2 Å². The predicted octanol–water partition coefficient (Wildman–Crippen LogP) is 1.54. The Morgan fingerprint density at radius 1 is 1.24 bits per heavy atom. The van der Waals surface area contributed by atoms with Gasteiger partial charge in [-0.2, -0.15) is 13.1 Å². The molecule has 0 fully saturated rings. The molecule has 6 heteroatoms. The number of nitrogen functional groups attached to an aromatic ring is 1. The van der Waals surface area contributed by atoms with E-state index in [2.05, 4.69) is 9.44 Å². The Morgan fingerprint density at radius 3 is 2.35 bits per heavy atom. The van der Waals surface area contributed by atoms with Crippen molar-refractivity contribution in [2.45, 2.75) is 33.7 Å². The number of benzene rings is 1. The van der Waals surface area contributed by atoms with Gasteiger partial charge in [0.05, 0.1) is 5.69 Å². The third-order valence-corrected chi connectivity index (χ3v) is 3.60. The van der Waals surface area contributed by atoms with Crippen molar-refractivity contribution >= 4 is 21.6 Å². The number of anilines is 2. The van der Waals surface area contributed by atoms with E-state index in [0.29, 0.717) is 11.4 Å². The van der Waals surface area contributed by atoms with Gasteiger partial charge >= 0.3 is 0 Å². The van der Waals surface area contributed by atoms with E-state index < -0.39 is 10.2 Å². The molecule has 1 rings (SSSR count). The number of hydrogen-bond donors (Lipinski definition) is 3. The minimum atomic E-state index is -3.55. The number of aryl methyl sites for hydroxylation is 1. The van der Waals surface area contributed by atoms with E-state index in [9.17, 15) is 8.42 Å². The maximum Gasteiger partial charge on any atom is 0.299 e. The third-order valence-electron chi connectivity index (χ3n) is 2.34. The lowest BCUT2D eigenvalue weighted by atomic mass is 10.1. The maximum atomic E-state index is 11.8. The Bertz CT molecular complexity index is 510. The first-order valence-electron chi connectivity index (χ1n) is 5.38. The van der Waals surface area contributed by atoms with Gasteiger partial charge in [0, 0.05) is 11.7 Å². The Labute approximate surface area is 103 Å². The van der Waals surface area contributed by atoms with Gasteiger partial charge in [0.2, 0.25) is 0 Å². The van der Waals surface area contributed by atoms with Gasteiger partial charge in [0.25, 0.3) is 10.2 Å². The molecule has 96 valence electrons. The van der Waals surface area contributed by atoms with Crippen molar-refractivity contribution in [2.75, 3.05) is 10.5 Å². The zero-order chi connectivity index (χ0) is 13.2. The summed E-state index contributed by atoms with van der Waals surface area (Å²) >= 11 is 0. The highest BCUT2D eigenvalue weighted by Crippen LogP contribution is 2.25. The Morgan fingerprint density at radius 2 is 1.82 bits per heavy atom. The summed E-state index contributed by atoms with van der Waals surface area (Å²) in [6.45, 7) is 7.14. The summed E-state index contributed by atoms with van der Waals surface area (Å²) in [6, 6.07) is 3.39. The van der Waals surface area contributed by atoms with Crippen LogP contribution in [0.25, 0.3) is 0 Å². The molecule has 0 aliphatic carbocycles. The van der Waals surface area contributed by atoms with Crippen LogP contribution in [0.2, 0.25) is 0 Å². The summed E-state index contributed by atoms with van der Waals surface area (Å²) in [5.41, 5.74) is 8.44. The molecule has 1 aromatic carbocycles. The van der Waals surface area contributed by atoms with Crippen LogP contribution < -0.4 is 15.2 Å². The molecular formula is C11H19N3O2S. The van der Waals surface area contributed by atoms with Crippen LogP contribution in [0.3, 0.4) is 0 Å². The van der Waals surface area contributed by atoms with E-state index in [1.54, 1.807) is 32.9 Å². The van der Waals surface area contributed by atoms with E-state index in [0.717, 1.165) is 11.1 Å². The normalized spacial score (nSPS) is 11.8. The van der Waals surface area contributed by atoms with Crippen LogP contribution in [0.15, 0.2) is 12.1 Å². The first-order valence-corrected chi connectivity index (χ1v) is 6.87. The molecule has 17 heavy (non-hydrogen) atoms. The number of nitrogens with two attached hydrogens (primary N) is 1. The summed E-state index contributed by atoms with van der Waals surface area (Å²) in [5.74, 6) is 0. The molecular weight excluding hydrogens is 238 g/mol. The van der Waals surface area contributed by atoms with E-state index >= 15 is 0 Å². The molecule has 0 unspecified atom stereocenters. The van der Waals surface area contributed by atoms with Crippen LogP contribution >= 0.6 is 0 Å². The summed E-state index contributed by atoms with van der Waals surface area (Å²) < 4.78 is 28.5. The lowest BCUT2D eigenvalue weighted by Gasteiger charge is -2.16. The summed E-state index contributed by atoms with van der Waals surface area (Å²) in [7, 11) is -3.55. The second kappa shape index (κ2) is 4.93. The zero-order valence-corrected chi connectivity index (χ0v) is 11.4. The second-order valence-corrected chi connectivity index (χ2v) is 5.80. The highest BCUT2D eigenvalue weighted by Gasteiger charge is 2.15. The highest BCUT2D eigenvalue weighted by atomic mass is 32.2. The lowest BCUT2D eigenvalue weighted by molar-refractivity contribution is 0.575. The fourth-order valence-electron chi connectivity index (χ4n) is 1.49. The molecule has 0 heterocycles. The van der Waals surface area contributed by atoms with Gasteiger partial charge in [-0.25, -0.2) is 0 Å². The van der Waals surface area contributed by atoms with Gasteiger partial charge in [-0.15, -0.1) is 0 Å². The second-order valence-electron chi connectivity index (χ2n) is 4.35. The van der Waals surface area contributed by atoms with Gasteiger partial charge < -0.3 is 5.73 Å².